The Labute approximate surface area is 102 Å². The molecule has 0 aliphatic heterocycles. The van der Waals surface area contributed by atoms with E-state index >= 15 is 0 Å². The Morgan fingerprint density at radius 2 is 2.18 bits per heavy atom. The molecule has 0 amide bonds. The van der Waals surface area contributed by atoms with Crippen LogP contribution in [0.4, 0.5) is 5.82 Å². The second kappa shape index (κ2) is 4.21. The lowest BCUT2D eigenvalue weighted by atomic mass is 9.77. The van der Waals surface area contributed by atoms with Gasteiger partial charge in [-0.15, -0.1) is 0 Å². The molecule has 1 aliphatic rings. The zero-order valence-electron chi connectivity index (χ0n) is 9.98. The normalized spacial score (nSPS) is 17.1. The van der Waals surface area contributed by atoms with Crippen LogP contribution in [0.2, 0.25) is 0 Å². The Morgan fingerprint density at radius 3 is 3.00 bits per heavy atom. The summed E-state index contributed by atoms with van der Waals surface area (Å²) in [5.74, 6) is 1.63. The van der Waals surface area contributed by atoms with Crippen LogP contribution >= 0.6 is 0 Å². The number of nitrogens with one attached hydrogen (secondary N) is 1. The van der Waals surface area contributed by atoms with Gasteiger partial charge in [-0.2, -0.15) is 0 Å². The highest BCUT2D eigenvalue weighted by molar-refractivity contribution is 5.43. The molecule has 1 atom stereocenters. The third kappa shape index (κ3) is 2.03. The van der Waals surface area contributed by atoms with Gasteiger partial charge in [-0.3, -0.25) is 0 Å². The fourth-order valence-corrected chi connectivity index (χ4v) is 2.41. The van der Waals surface area contributed by atoms with Crippen LogP contribution in [0.3, 0.4) is 0 Å². The molecule has 1 aromatic heterocycles. The van der Waals surface area contributed by atoms with E-state index in [0.29, 0.717) is 5.92 Å². The predicted molar refractivity (Wildman–Crippen MR) is 70.4 cm³/mol. The van der Waals surface area contributed by atoms with E-state index < -0.39 is 0 Å². The first-order valence-electron chi connectivity index (χ1n) is 6.07. The van der Waals surface area contributed by atoms with E-state index in [2.05, 4.69) is 47.6 Å². The molecule has 0 spiro atoms. The smallest absolute Gasteiger partial charge is 0.126 e. The third-order valence-electron chi connectivity index (χ3n) is 3.41. The van der Waals surface area contributed by atoms with E-state index in [-0.39, 0.29) is 0 Å². The molecule has 1 aromatic carbocycles. The zero-order chi connectivity index (χ0) is 11.7. The zero-order valence-corrected chi connectivity index (χ0v) is 9.98. The van der Waals surface area contributed by atoms with Crippen molar-refractivity contribution in [2.24, 2.45) is 0 Å². The number of pyridine rings is 1. The van der Waals surface area contributed by atoms with Gasteiger partial charge in [0, 0.05) is 18.7 Å². The summed E-state index contributed by atoms with van der Waals surface area (Å²) >= 11 is 0. The largest absolute Gasteiger partial charge is 0.369 e. The van der Waals surface area contributed by atoms with Crippen LogP contribution < -0.4 is 5.32 Å². The lowest BCUT2D eigenvalue weighted by Gasteiger charge is -2.30. The average Bonchev–Trinajstić information content (AvgIpc) is 2.30. The van der Waals surface area contributed by atoms with E-state index in [1.165, 1.54) is 23.1 Å². The van der Waals surface area contributed by atoms with Crippen molar-refractivity contribution >= 4 is 5.82 Å². The van der Waals surface area contributed by atoms with Gasteiger partial charge in [-0.25, -0.2) is 4.98 Å². The Balaban J connectivity index is 1.64. The van der Waals surface area contributed by atoms with Gasteiger partial charge in [-0.05, 0) is 42.2 Å². The first kappa shape index (κ1) is 10.3. The molecule has 17 heavy (non-hydrogen) atoms. The van der Waals surface area contributed by atoms with Gasteiger partial charge in [0.15, 0.2) is 0 Å². The Bertz CT molecular complexity index is 534. The molecule has 0 fully saturated rings. The summed E-state index contributed by atoms with van der Waals surface area (Å²) in [6.45, 7) is 3.07. The molecule has 0 saturated heterocycles. The van der Waals surface area contributed by atoms with Gasteiger partial charge in [-0.1, -0.05) is 24.3 Å². The van der Waals surface area contributed by atoms with E-state index in [1.807, 2.05) is 12.3 Å². The van der Waals surface area contributed by atoms with Crippen LogP contribution in [0, 0.1) is 6.92 Å². The summed E-state index contributed by atoms with van der Waals surface area (Å²) in [6.07, 6.45) is 3.04. The number of fused-ring (bicyclic) bond motifs is 1. The number of hydrogen-bond acceptors (Lipinski definition) is 2. The maximum absolute atomic E-state index is 4.31. The lowest BCUT2D eigenvalue weighted by molar-refractivity contribution is 0.634. The quantitative estimate of drug-likeness (QED) is 0.866. The van der Waals surface area contributed by atoms with E-state index in [4.69, 9.17) is 0 Å². The van der Waals surface area contributed by atoms with Crippen LogP contribution in [0.25, 0.3) is 0 Å². The maximum Gasteiger partial charge on any atom is 0.126 e. The fourth-order valence-electron chi connectivity index (χ4n) is 2.41. The molecule has 0 saturated carbocycles. The first-order valence-corrected chi connectivity index (χ1v) is 6.07. The third-order valence-corrected chi connectivity index (χ3v) is 3.41. The van der Waals surface area contributed by atoms with E-state index in [0.717, 1.165) is 12.4 Å². The highest BCUT2D eigenvalue weighted by atomic mass is 15.0. The molecule has 1 N–H and O–H groups in total. The van der Waals surface area contributed by atoms with Crippen LogP contribution in [-0.2, 0) is 6.42 Å². The number of rotatable bonds is 3. The molecule has 1 unspecified atom stereocenters. The molecule has 1 aliphatic carbocycles. The summed E-state index contributed by atoms with van der Waals surface area (Å²) in [7, 11) is 0. The van der Waals surface area contributed by atoms with Gasteiger partial charge in [0.05, 0.1) is 0 Å². The number of nitrogens with zero attached hydrogens (tertiary/aromatic N) is 1. The number of hydrogen-bond donors (Lipinski definition) is 1. The van der Waals surface area contributed by atoms with Crippen molar-refractivity contribution in [3.63, 3.8) is 0 Å². The van der Waals surface area contributed by atoms with Crippen molar-refractivity contribution in [2.75, 3.05) is 11.9 Å². The minimum Gasteiger partial charge on any atom is -0.369 e. The predicted octanol–water partition coefficient (Wildman–Crippen LogP) is 3.14. The minimum absolute atomic E-state index is 0.647. The molecule has 86 valence electrons. The summed E-state index contributed by atoms with van der Waals surface area (Å²) in [5, 5.41) is 3.42. The summed E-state index contributed by atoms with van der Waals surface area (Å²) < 4.78 is 0. The molecular formula is C15H16N2. The molecule has 1 heterocycles. The van der Waals surface area contributed by atoms with Crippen molar-refractivity contribution in [1.82, 2.24) is 4.98 Å². The molecule has 3 rings (SSSR count). The minimum atomic E-state index is 0.647. The standard InChI is InChI=1S/C15H16N2/c1-11-6-7-16-15(8-11)17-10-13-9-12-4-2-3-5-14(12)13/h2-8,13H,9-10H2,1H3,(H,16,17). The van der Waals surface area contributed by atoms with Gasteiger partial charge < -0.3 is 5.32 Å². The molecule has 2 nitrogen and oxygen atoms in total. The van der Waals surface area contributed by atoms with Crippen molar-refractivity contribution < 1.29 is 0 Å². The van der Waals surface area contributed by atoms with Gasteiger partial charge in [0.2, 0.25) is 0 Å². The average molecular weight is 224 g/mol. The lowest BCUT2D eigenvalue weighted by Crippen LogP contribution is -2.24. The van der Waals surface area contributed by atoms with Gasteiger partial charge in [0.25, 0.3) is 0 Å². The number of aryl methyl sites for hydroxylation is 1. The van der Waals surface area contributed by atoms with Crippen molar-refractivity contribution in [3.8, 4) is 0 Å². The molecule has 2 heteroatoms. The SMILES string of the molecule is Cc1ccnc(NCC2Cc3ccccc32)c1. The second-order valence-electron chi connectivity index (χ2n) is 4.70. The monoisotopic (exact) mass is 224 g/mol. The summed E-state index contributed by atoms with van der Waals surface area (Å²) in [6, 6.07) is 12.8. The molecular weight excluding hydrogens is 208 g/mol. The fraction of sp³-hybridized carbons (Fsp3) is 0.267. The van der Waals surface area contributed by atoms with Crippen LogP contribution in [0.15, 0.2) is 42.6 Å². The van der Waals surface area contributed by atoms with Gasteiger partial charge >= 0.3 is 0 Å². The van der Waals surface area contributed by atoms with Crippen molar-refractivity contribution in [3.05, 3.63) is 59.3 Å². The Morgan fingerprint density at radius 1 is 1.29 bits per heavy atom. The Hall–Kier alpha value is -1.83. The highest BCUT2D eigenvalue weighted by Gasteiger charge is 2.24. The van der Waals surface area contributed by atoms with Crippen LogP contribution in [0.1, 0.15) is 22.6 Å². The highest BCUT2D eigenvalue weighted by Crippen LogP contribution is 2.34. The Kier molecular flexibility index (Phi) is 2.56. The number of anilines is 1. The summed E-state index contributed by atoms with van der Waals surface area (Å²) in [5.41, 5.74) is 4.24. The first-order chi connectivity index (χ1) is 8.33. The summed E-state index contributed by atoms with van der Waals surface area (Å²) in [4.78, 5) is 4.31. The van der Waals surface area contributed by atoms with Crippen molar-refractivity contribution in [1.29, 1.82) is 0 Å². The number of benzene rings is 1. The molecule has 2 aromatic rings. The van der Waals surface area contributed by atoms with Gasteiger partial charge in [0.1, 0.15) is 5.82 Å². The van der Waals surface area contributed by atoms with Crippen LogP contribution in [-0.4, -0.2) is 11.5 Å². The van der Waals surface area contributed by atoms with E-state index in [9.17, 15) is 0 Å². The van der Waals surface area contributed by atoms with Crippen LogP contribution in [0.5, 0.6) is 0 Å². The molecule has 0 bridgehead atoms. The van der Waals surface area contributed by atoms with E-state index in [1.54, 1.807) is 0 Å². The second-order valence-corrected chi connectivity index (χ2v) is 4.70. The maximum atomic E-state index is 4.31. The molecule has 0 radical (unpaired) electrons. The van der Waals surface area contributed by atoms with Crippen molar-refractivity contribution in [2.45, 2.75) is 19.3 Å². The topological polar surface area (TPSA) is 24.9 Å². The number of aromatic nitrogens is 1.